The van der Waals surface area contributed by atoms with E-state index in [1.165, 1.54) is 4.68 Å². The van der Waals surface area contributed by atoms with Crippen LogP contribution in [0.2, 0.25) is 0 Å². The van der Waals surface area contributed by atoms with E-state index in [9.17, 15) is 57.5 Å². The summed E-state index contributed by atoms with van der Waals surface area (Å²) in [6.07, 6.45) is -32.9. The molecule has 94 heavy (non-hydrogen) atoms. The van der Waals surface area contributed by atoms with Crippen molar-refractivity contribution in [2.24, 2.45) is 0 Å². The van der Waals surface area contributed by atoms with Gasteiger partial charge in [-0.1, -0.05) is 30.3 Å². The van der Waals surface area contributed by atoms with Crippen LogP contribution in [0.25, 0.3) is 27.9 Å². The van der Waals surface area contributed by atoms with E-state index >= 15 is 0 Å². The molecule has 0 aliphatic carbocycles. The summed E-state index contributed by atoms with van der Waals surface area (Å²) in [5.74, 6) is -12.0. The van der Waals surface area contributed by atoms with Crippen LogP contribution >= 0.6 is 0 Å². The van der Waals surface area contributed by atoms with Gasteiger partial charge in [0.25, 0.3) is 0 Å². The predicted octanol–water partition coefficient (Wildman–Crippen LogP) is 1.68. The van der Waals surface area contributed by atoms with E-state index < -0.39 is 202 Å². The second-order valence-electron chi connectivity index (χ2n) is 21.3. The monoisotopic (exact) mass is 1330 g/mol. The Balaban J connectivity index is 1.39. The summed E-state index contributed by atoms with van der Waals surface area (Å²) in [5, 5.41) is 4.90. The Hall–Kier alpha value is -9.35. The molecule has 34 heteroatoms. The van der Waals surface area contributed by atoms with Gasteiger partial charge in [-0.3, -0.25) is 57.5 Å². The molecule has 3 saturated heterocycles. The zero-order chi connectivity index (χ0) is 68.8. The van der Waals surface area contributed by atoms with Crippen LogP contribution in [0.1, 0.15) is 94.9 Å². The first kappa shape index (κ1) is 72.1. The Labute approximate surface area is 534 Å². The predicted molar refractivity (Wildman–Crippen MR) is 305 cm³/mol. The van der Waals surface area contributed by atoms with Crippen LogP contribution in [0, 0.1) is 0 Å². The number of nitrogens with zero attached hydrogens (tertiary/aromatic N) is 4. The summed E-state index contributed by atoms with van der Waals surface area (Å²) in [4.78, 5) is 165. The SMILES string of the molecule is CC(=O)OC[C@H]1O[C@H](O[C@H]2[C@H](OC(C)=O)[C@@H](OC(C)=O)[C@@H](O[C@H]3[C@H](OC(C)=O)[C@@H](OC(C)=O)[C@@H](O[C@@H](c4nn(-c5ccccc5)c5nc6ccccc6nc45)[C@@H](COC(C)=O)OC(C)=O)O[C@@H]3COC(C)=O)O[C@@H]2COC(C)=O)[C@H](OC(C)=O)[C@@H](OC(C)=O)[C@@H]1OC(C)=O. The molecule has 0 bridgehead atoms. The Kier molecular flexibility index (Phi) is 24.9. The number of fused-ring (bicyclic) bond motifs is 2. The molecule has 0 amide bonds. The summed E-state index contributed by atoms with van der Waals surface area (Å²) in [6, 6.07) is 15.3. The van der Waals surface area contributed by atoms with E-state index in [2.05, 4.69) is 0 Å². The fraction of sp³-hybridized carbons (Fsp3) is 0.550. The van der Waals surface area contributed by atoms with E-state index in [-0.39, 0.29) is 16.9 Å². The van der Waals surface area contributed by atoms with Gasteiger partial charge in [-0.25, -0.2) is 14.6 Å². The molecule has 0 spiro atoms. The molecule has 4 aromatic rings. The minimum atomic E-state index is -2.20. The third-order valence-electron chi connectivity index (χ3n) is 13.7. The van der Waals surface area contributed by atoms with Crippen molar-refractivity contribution in [1.29, 1.82) is 0 Å². The molecule has 3 aliphatic rings. The Morgan fingerprint density at radius 2 is 0.766 bits per heavy atom. The van der Waals surface area contributed by atoms with Gasteiger partial charge < -0.3 is 85.3 Å². The van der Waals surface area contributed by atoms with E-state index in [0.29, 0.717) is 16.7 Å². The number of rotatable bonds is 25. The Morgan fingerprint density at radius 3 is 1.18 bits per heavy atom. The molecular weight excluding hydrogens is 1260 g/mol. The van der Waals surface area contributed by atoms with Gasteiger partial charge in [-0.2, -0.15) is 5.10 Å². The topological polar surface area (TPSA) is 415 Å². The summed E-state index contributed by atoms with van der Waals surface area (Å²) in [5.41, 5.74) is 1.20. The maximum Gasteiger partial charge on any atom is 0.303 e. The van der Waals surface area contributed by atoms with Gasteiger partial charge in [0.2, 0.25) is 0 Å². The minimum Gasteiger partial charge on any atom is -0.463 e. The quantitative estimate of drug-likeness (QED) is 0.0672. The molecule has 0 saturated carbocycles. The fourth-order valence-electron chi connectivity index (χ4n) is 10.4. The smallest absolute Gasteiger partial charge is 0.303 e. The lowest BCUT2D eigenvalue weighted by Gasteiger charge is -2.50. The maximum absolute atomic E-state index is 13.6. The van der Waals surface area contributed by atoms with Crippen molar-refractivity contribution in [2.75, 3.05) is 26.4 Å². The summed E-state index contributed by atoms with van der Waals surface area (Å²) in [6.45, 7) is 8.54. The standard InChI is InChI=1S/C60H70N4O30/c1-26(65)77-22-41(81-30(5)69)47(45-46-57(62-40-21-17-16-20-39(40)61-46)64(63-45)38-18-14-13-15-19-38)92-58-55(87-36(11)75)52(84-33(8)72)49(43(90-58)24-79-28(3)67)94-60-56(88-37(12)76)53(85-34(9)73)50(44(91-60)25-80-29(4)68)93-59-54(86-35(10)74)51(83-32(7)71)48(82-31(6)70)42(89-59)23-78-27(2)66/h13-21,41-44,47-56,58-60H,22-25H2,1-12H3/t41-,42-,43-,44-,47-,48-,49-,50-,51+,52+,53+,54-,55-,56-,58-,59-,60-/m1/s1. The number of hydrogen-bond donors (Lipinski definition) is 0. The summed E-state index contributed by atoms with van der Waals surface area (Å²) in [7, 11) is 0. The van der Waals surface area contributed by atoms with Gasteiger partial charge in [-0.15, -0.1) is 0 Å². The number of carbonyl (C=O) groups excluding carboxylic acids is 12. The molecule has 0 unspecified atom stereocenters. The van der Waals surface area contributed by atoms with Gasteiger partial charge in [0.1, 0.15) is 74.3 Å². The lowest BCUT2D eigenvalue weighted by molar-refractivity contribution is -0.382. The first-order valence-electron chi connectivity index (χ1n) is 29.0. The molecule has 17 atom stereocenters. The van der Waals surface area contributed by atoms with Crippen molar-refractivity contribution in [3.63, 3.8) is 0 Å². The molecule has 510 valence electrons. The van der Waals surface area contributed by atoms with E-state index in [1.54, 1.807) is 54.6 Å². The average Bonchev–Trinajstić information content (AvgIpc) is 1.50. The number of benzene rings is 2. The average molecular weight is 1330 g/mol. The first-order chi connectivity index (χ1) is 44.5. The van der Waals surface area contributed by atoms with Gasteiger partial charge in [-0.05, 0) is 24.3 Å². The van der Waals surface area contributed by atoms with Crippen molar-refractivity contribution in [2.45, 2.75) is 187 Å². The van der Waals surface area contributed by atoms with Crippen LogP contribution in [0.5, 0.6) is 0 Å². The number of esters is 12. The normalized spacial score (nSPS) is 26.4. The number of carbonyl (C=O) groups is 12. The summed E-state index contributed by atoms with van der Waals surface area (Å²) >= 11 is 0. The van der Waals surface area contributed by atoms with Crippen LogP contribution in [0.15, 0.2) is 54.6 Å². The molecule has 2 aromatic heterocycles. The van der Waals surface area contributed by atoms with Crippen LogP contribution in [-0.4, -0.2) is 216 Å². The summed E-state index contributed by atoms with van der Waals surface area (Å²) < 4.78 is 108. The third-order valence-corrected chi connectivity index (χ3v) is 13.7. The highest BCUT2D eigenvalue weighted by molar-refractivity contribution is 5.87. The first-order valence-corrected chi connectivity index (χ1v) is 29.0. The lowest BCUT2D eigenvalue weighted by atomic mass is 9.95. The van der Waals surface area contributed by atoms with E-state index in [1.807, 2.05) is 0 Å². The minimum absolute atomic E-state index is 0.0228. The van der Waals surface area contributed by atoms with Crippen molar-refractivity contribution in [1.82, 2.24) is 19.7 Å². The second kappa shape index (κ2) is 32.5. The highest BCUT2D eigenvalue weighted by Crippen LogP contribution is 2.41. The van der Waals surface area contributed by atoms with Crippen molar-refractivity contribution in [3.8, 4) is 5.69 Å². The molecule has 2 aromatic carbocycles. The van der Waals surface area contributed by atoms with Crippen LogP contribution in [0.4, 0.5) is 0 Å². The highest BCUT2D eigenvalue weighted by atomic mass is 16.8. The van der Waals surface area contributed by atoms with Gasteiger partial charge >= 0.3 is 71.6 Å². The van der Waals surface area contributed by atoms with Gasteiger partial charge in [0.15, 0.2) is 73.3 Å². The largest absolute Gasteiger partial charge is 0.463 e. The molecule has 3 aliphatic heterocycles. The van der Waals surface area contributed by atoms with Crippen molar-refractivity contribution < 1.29 is 143 Å². The molecular formula is C60H70N4O30. The highest BCUT2D eigenvalue weighted by Gasteiger charge is 2.60. The van der Waals surface area contributed by atoms with Gasteiger partial charge in [0.05, 0.1) is 16.7 Å². The zero-order valence-electron chi connectivity index (χ0n) is 52.9. The van der Waals surface area contributed by atoms with E-state index in [4.69, 9.17) is 100 Å². The van der Waals surface area contributed by atoms with Crippen LogP contribution in [-0.2, 0) is 143 Å². The zero-order valence-corrected chi connectivity index (χ0v) is 52.9. The van der Waals surface area contributed by atoms with Crippen molar-refractivity contribution >= 4 is 93.8 Å². The lowest BCUT2D eigenvalue weighted by Crippen LogP contribution is -2.69. The number of para-hydroxylation sites is 3. The molecule has 5 heterocycles. The molecule has 7 rings (SSSR count). The number of ether oxygens (including phenoxy) is 18. The Bertz CT molecular complexity index is 3450. The van der Waals surface area contributed by atoms with E-state index in [0.717, 1.165) is 83.1 Å². The second-order valence-corrected chi connectivity index (χ2v) is 21.3. The third kappa shape index (κ3) is 19.1. The maximum atomic E-state index is 13.6. The molecule has 34 nitrogen and oxygen atoms in total. The fourth-order valence-corrected chi connectivity index (χ4v) is 10.4. The Morgan fingerprint density at radius 1 is 0.404 bits per heavy atom. The molecule has 3 fully saturated rings. The number of aromatic nitrogens is 4. The molecule has 0 N–H and O–H groups in total. The van der Waals surface area contributed by atoms with Gasteiger partial charge in [0, 0.05) is 83.1 Å². The molecule has 0 radical (unpaired) electrons. The number of hydrogen-bond acceptors (Lipinski definition) is 33. The van der Waals surface area contributed by atoms with Crippen LogP contribution < -0.4 is 0 Å². The van der Waals surface area contributed by atoms with Crippen LogP contribution in [0.3, 0.4) is 0 Å². The van der Waals surface area contributed by atoms with Crippen molar-refractivity contribution in [3.05, 3.63) is 60.3 Å².